The Balaban J connectivity index is 2.15. The molecule has 0 radical (unpaired) electrons. The lowest BCUT2D eigenvalue weighted by Gasteiger charge is -2.11. The summed E-state index contributed by atoms with van der Waals surface area (Å²) in [7, 11) is 3.52. The van der Waals surface area contributed by atoms with Gasteiger partial charge in [0.25, 0.3) is 0 Å². The third kappa shape index (κ3) is 2.79. The zero-order valence-corrected chi connectivity index (χ0v) is 12.4. The number of hydrogen-bond acceptors (Lipinski definition) is 3. The van der Waals surface area contributed by atoms with Crippen molar-refractivity contribution >= 4 is 33.2 Å². The first kappa shape index (κ1) is 13.2. The minimum Gasteiger partial charge on any atom is -0.495 e. The highest BCUT2D eigenvalue weighted by molar-refractivity contribution is 9.10. The number of nitrogens with one attached hydrogen (secondary N) is 1. The van der Waals surface area contributed by atoms with Gasteiger partial charge in [-0.15, -0.1) is 0 Å². The van der Waals surface area contributed by atoms with Crippen LogP contribution < -0.4 is 10.1 Å². The molecule has 1 aromatic carbocycles. The highest BCUT2D eigenvalue weighted by atomic mass is 79.9. The SMILES string of the molecule is COc1ccc(Br)cc1NCc1ncc(Cl)n1C. The first-order valence-corrected chi connectivity index (χ1v) is 6.52. The fraction of sp³-hybridized carbons (Fsp3) is 0.250. The number of halogens is 2. The summed E-state index contributed by atoms with van der Waals surface area (Å²) in [5.74, 6) is 1.65. The molecule has 1 aromatic heterocycles. The van der Waals surface area contributed by atoms with Crippen LogP contribution in [0.3, 0.4) is 0 Å². The molecular formula is C12H13BrClN3O. The van der Waals surface area contributed by atoms with Crippen molar-refractivity contribution in [2.45, 2.75) is 6.54 Å². The number of aromatic nitrogens is 2. The Labute approximate surface area is 119 Å². The van der Waals surface area contributed by atoms with Crippen LogP contribution in [0.5, 0.6) is 5.75 Å². The standard InChI is InChI=1S/C12H13BrClN3O/c1-17-11(14)6-16-12(17)7-15-9-5-8(13)3-4-10(9)18-2/h3-6,15H,7H2,1-2H3. The normalized spacial score (nSPS) is 10.4. The van der Waals surface area contributed by atoms with E-state index in [0.717, 1.165) is 21.7 Å². The summed E-state index contributed by atoms with van der Waals surface area (Å²) < 4.78 is 8.11. The molecule has 0 aliphatic heterocycles. The number of rotatable bonds is 4. The highest BCUT2D eigenvalue weighted by Crippen LogP contribution is 2.28. The summed E-state index contributed by atoms with van der Waals surface area (Å²) in [4.78, 5) is 4.22. The third-order valence-corrected chi connectivity index (χ3v) is 3.47. The number of methoxy groups -OCH3 is 1. The molecule has 1 N–H and O–H groups in total. The average Bonchev–Trinajstić information content (AvgIpc) is 2.68. The van der Waals surface area contributed by atoms with Gasteiger partial charge < -0.3 is 14.6 Å². The lowest BCUT2D eigenvalue weighted by molar-refractivity contribution is 0.416. The Bertz CT molecular complexity index is 556. The molecule has 4 nitrogen and oxygen atoms in total. The van der Waals surface area contributed by atoms with Crippen LogP contribution in [0.25, 0.3) is 0 Å². The van der Waals surface area contributed by atoms with Gasteiger partial charge in [-0.3, -0.25) is 0 Å². The number of imidazole rings is 1. The number of anilines is 1. The van der Waals surface area contributed by atoms with Crippen molar-refractivity contribution < 1.29 is 4.74 Å². The molecule has 0 saturated heterocycles. The Hall–Kier alpha value is -1.20. The smallest absolute Gasteiger partial charge is 0.142 e. The van der Waals surface area contributed by atoms with E-state index in [1.165, 1.54) is 0 Å². The maximum atomic E-state index is 5.94. The lowest BCUT2D eigenvalue weighted by Crippen LogP contribution is -2.07. The van der Waals surface area contributed by atoms with E-state index < -0.39 is 0 Å². The van der Waals surface area contributed by atoms with Gasteiger partial charge in [-0.2, -0.15) is 0 Å². The summed E-state index contributed by atoms with van der Waals surface area (Å²) in [5.41, 5.74) is 0.908. The monoisotopic (exact) mass is 329 g/mol. The Kier molecular flexibility index (Phi) is 4.14. The van der Waals surface area contributed by atoms with E-state index in [4.69, 9.17) is 16.3 Å². The highest BCUT2D eigenvalue weighted by Gasteiger charge is 2.07. The van der Waals surface area contributed by atoms with Crippen molar-refractivity contribution in [3.8, 4) is 5.75 Å². The van der Waals surface area contributed by atoms with Crippen molar-refractivity contribution in [3.05, 3.63) is 39.8 Å². The van der Waals surface area contributed by atoms with Gasteiger partial charge in [0.1, 0.15) is 16.7 Å². The molecule has 0 amide bonds. The molecule has 0 aliphatic carbocycles. The Morgan fingerprint density at radius 1 is 1.50 bits per heavy atom. The Morgan fingerprint density at radius 2 is 2.28 bits per heavy atom. The van der Waals surface area contributed by atoms with Gasteiger partial charge in [0.05, 0.1) is 25.5 Å². The van der Waals surface area contributed by atoms with Crippen molar-refractivity contribution in [3.63, 3.8) is 0 Å². The molecule has 0 aliphatic rings. The molecule has 0 fully saturated rings. The second-order valence-electron chi connectivity index (χ2n) is 3.75. The molecule has 1 heterocycles. The Morgan fingerprint density at radius 3 is 2.89 bits per heavy atom. The first-order chi connectivity index (χ1) is 8.61. The van der Waals surface area contributed by atoms with Crippen molar-refractivity contribution in [2.75, 3.05) is 12.4 Å². The van der Waals surface area contributed by atoms with E-state index in [1.807, 2.05) is 29.8 Å². The maximum absolute atomic E-state index is 5.94. The summed E-state index contributed by atoms with van der Waals surface area (Å²) >= 11 is 9.37. The van der Waals surface area contributed by atoms with Crippen LogP contribution in [0.15, 0.2) is 28.9 Å². The zero-order chi connectivity index (χ0) is 13.1. The molecule has 0 atom stereocenters. The predicted molar refractivity (Wildman–Crippen MR) is 76.2 cm³/mol. The van der Waals surface area contributed by atoms with Gasteiger partial charge in [-0.05, 0) is 18.2 Å². The van der Waals surface area contributed by atoms with Gasteiger partial charge >= 0.3 is 0 Å². The fourth-order valence-corrected chi connectivity index (χ4v) is 2.09. The number of nitrogens with zero attached hydrogens (tertiary/aromatic N) is 2. The van der Waals surface area contributed by atoms with Crippen molar-refractivity contribution in [2.24, 2.45) is 7.05 Å². The maximum Gasteiger partial charge on any atom is 0.142 e. The van der Waals surface area contributed by atoms with E-state index in [9.17, 15) is 0 Å². The van der Waals surface area contributed by atoms with E-state index in [2.05, 4.69) is 26.2 Å². The van der Waals surface area contributed by atoms with Gasteiger partial charge in [0.2, 0.25) is 0 Å². The summed E-state index contributed by atoms with van der Waals surface area (Å²) in [6, 6.07) is 5.79. The van der Waals surface area contributed by atoms with Gasteiger partial charge in [0.15, 0.2) is 0 Å². The van der Waals surface area contributed by atoms with E-state index in [0.29, 0.717) is 11.7 Å². The lowest BCUT2D eigenvalue weighted by atomic mass is 10.3. The molecule has 0 saturated carbocycles. The second kappa shape index (κ2) is 5.63. The predicted octanol–water partition coefficient (Wildman–Crippen LogP) is 3.46. The minimum absolute atomic E-state index is 0.579. The number of ether oxygens (including phenoxy) is 1. The first-order valence-electron chi connectivity index (χ1n) is 5.35. The molecular weight excluding hydrogens is 318 g/mol. The molecule has 6 heteroatoms. The number of hydrogen-bond donors (Lipinski definition) is 1. The van der Waals surface area contributed by atoms with E-state index in [-0.39, 0.29) is 0 Å². The molecule has 2 rings (SSSR count). The van der Waals surface area contributed by atoms with Crippen LogP contribution in [-0.4, -0.2) is 16.7 Å². The largest absolute Gasteiger partial charge is 0.495 e. The topological polar surface area (TPSA) is 39.1 Å². The third-order valence-electron chi connectivity index (χ3n) is 2.63. The van der Waals surface area contributed by atoms with Crippen LogP contribution in [0.2, 0.25) is 5.15 Å². The van der Waals surface area contributed by atoms with E-state index >= 15 is 0 Å². The van der Waals surface area contributed by atoms with Gasteiger partial charge in [0, 0.05) is 11.5 Å². The summed E-state index contributed by atoms with van der Waals surface area (Å²) in [6.45, 7) is 0.579. The van der Waals surface area contributed by atoms with Crippen LogP contribution in [0, 0.1) is 0 Å². The average molecular weight is 331 g/mol. The van der Waals surface area contributed by atoms with Crippen LogP contribution >= 0.6 is 27.5 Å². The van der Waals surface area contributed by atoms with E-state index in [1.54, 1.807) is 13.3 Å². The van der Waals surface area contributed by atoms with Crippen LogP contribution in [0.1, 0.15) is 5.82 Å². The van der Waals surface area contributed by atoms with Crippen molar-refractivity contribution in [1.29, 1.82) is 0 Å². The van der Waals surface area contributed by atoms with Gasteiger partial charge in [-0.25, -0.2) is 4.98 Å². The van der Waals surface area contributed by atoms with Crippen LogP contribution in [0.4, 0.5) is 5.69 Å². The molecule has 0 unspecified atom stereocenters. The minimum atomic E-state index is 0.579. The molecule has 0 spiro atoms. The molecule has 0 bridgehead atoms. The van der Waals surface area contributed by atoms with Gasteiger partial charge in [-0.1, -0.05) is 27.5 Å². The summed E-state index contributed by atoms with van der Waals surface area (Å²) in [6.07, 6.45) is 1.64. The molecule has 18 heavy (non-hydrogen) atoms. The zero-order valence-electron chi connectivity index (χ0n) is 10.1. The molecule has 96 valence electrons. The van der Waals surface area contributed by atoms with Crippen LogP contribution in [-0.2, 0) is 13.6 Å². The molecule has 2 aromatic rings. The quantitative estimate of drug-likeness (QED) is 0.933. The number of benzene rings is 1. The van der Waals surface area contributed by atoms with Crippen molar-refractivity contribution in [1.82, 2.24) is 9.55 Å². The second-order valence-corrected chi connectivity index (χ2v) is 5.06. The fourth-order valence-electron chi connectivity index (χ4n) is 1.58. The summed E-state index contributed by atoms with van der Waals surface area (Å²) in [5, 5.41) is 3.90.